The molecule has 0 radical (unpaired) electrons. The third kappa shape index (κ3) is 4.70. The average Bonchev–Trinajstić information content (AvgIpc) is 3.13. The molecule has 2 nitrogen and oxygen atoms in total. The maximum atomic E-state index is 5.23. The van der Waals surface area contributed by atoms with Crippen LogP contribution in [-0.2, 0) is 5.41 Å². The Labute approximate surface area is 213 Å². The molecule has 35 heavy (non-hydrogen) atoms. The minimum atomic E-state index is 0.179. The van der Waals surface area contributed by atoms with Crippen LogP contribution in [0.3, 0.4) is 0 Å². The van der Waals surface area contributed by atoms with Gasteiger partial charge in [-0.05, 0) is 53.5 Å². The molecule has 0 saturated carbocycles. The summed E-state index contributed by atoms with van der Waals surface area (Å²) in [7, 11) is 0. The van der Waals surface area contributed by atoms with Crippen molar-refractivity contribution in [3.63, 3.8) is 0 Å². The monoisotopic (exact) mass is 476 g/mol. The molecule has 0 fully saturated rings. The maximum absolute atomic E-state index is 5.23. The number of thioether (sulfide) groups is 1. The summed E-state index contributed by atoms with van der Waals surface area (Å²) in [6.07, 6.45) is 0. The largest absolute Gasteiger partial charge is 0.282 e. The van der Waals surface area contributed by atoms with Gasteiger partial charge in [0, 0.05) is 33.7 Å². The molecule has 0 bridgehead atoms. The Morgan fingerprint density at radius 3 is 1.94 bits per heavy atom. The van der Waals surface area contributed by atoms with E-state index in [4.69, 9.17) is 9.98 Å². The van der Waals surface area contributed by atoms with Crippen molar-refractivity contribution in [1.29, 1.82) is 0 Å². The van der Waals surface area contributed by atoms with Gasteiger partial charge >= 0.3 is 0 Å². The van der Waals surface area contributed by atoms with E-state index in [2.05, 4.69) is 113 Å². The summed E-state index contributed by atoms with van der Waals surface area (Å²) in [6.45, 7) is 11.8. The van der Waals surface area contributed by atoms with Gasteiger partial charge in [0.2, 0.25) is 0 Å². The Morgan fingerprint density at radius 2 is 1.31 bits per heavy atom. The SMILES string of the molecule is Cc1cccc(C)c1N=C1C(=NCCSc2ccc(C(C)(C)C)cc2)c2cccc3cccc1c23. The molecular weight excluding hydrogens is 444 g/mol. The molecule has 4 aromatic carbocycles. The Bertz CT molecular complexity index is 1430. The number of aryl methyl sites for hydroxylation is 2. The normalized spacial score (nSPS) is 15.5. The van der Waals surface area contributed by atoms with Crippen molar-refractivity contribution >= 4 is 39.6 Å². The van der Waals surface area contributed by atoms with E-state index in [0.717, 1.165) is 29.4 Å². The molecule has 1 aliphatic rings. The van der Waals surface area contributed by atoms with Crippen LogP contribution < -0.4 is 0 Å². The Balaban J connectivity index is 1.45. The molecule has 0 unspecified atom stereocenters. The first-order valence-corrected chi connectivity index (χ1v) is 13.3. The van der Waals surface area contributed by atoms with Gasteiger partial charge in [-0.25, -0.2) is 4.99 Å². The first-order chi connectivity index (χ1) is 16.8. The molecule has 0 heterocycles. The molecule has 0 atom stereocenters. The Kier molecular flexibility index (Phi) is 6.37. The fraction of sp³-hybridized carbons (Fsp3) is 0.250. The summed E-state index contributed by atoms with van der Waals surface area (Å²) in [5, 5.41) is 2.51. The van der Waals surface area contributed by atoms with Crippen LogP contribution in [0, 0.1) is 13.8 Å². The zero-order valence-electron chi connectivity index (χ0n) is 21.2. The van der Waals surface area contributed by atoms with Gasteiger partial charge < -0.3 is 0 Å². The second-order valence-corrected chi connectivity index (χ2v) is 11.4. The molecule has 0 aromatic heterocycles. The third-order valence-corrected chi connectivity index (χ3v) is 7.64. The van der Waals surface area contributed by atoms with E-state index >= 15 is 0 Å². The topological polar surface area (TPSA) is 24.7 Å². The molecule has 176 valence electrons. The van der Waals surface area contributed by atoms with Crippen LogP contribution in [0.15, 0.2) is 93.7 Å². The molecule has 0 spiro atoms. The average molecular weight is 477 g/mol. The van der Waals surface area contributed by atoms with E-state index in [1.807, 2.05) is 11.8 Å². The van der Waals surface area contributed by atoms with Crippen LogP contribution in [-0.4, -0.2) is 23.7 Å². The molecule has 1 aliphatic carbocycles. The van der Waals surface area contributed by atoms with Crippen molar-refractivity contribution < 1.29 is 0 Å². The quantitative estimate of drug-likeness (QED) is 0.209. The fourth-order valence-electron chi connectivity index (χ4n) is 4.73. The van der Waals surface area contributed by atoms with E-state index in [0.29, 0.717) is 0 Å². The Hall–Kier alpha value is -3.17. The first kappa shape index (κ1) is 23.6. The highest BCUT2D eigenvalue weighted by Crippen LogP contribution is 2.34. The molecule has 0 N–H and O–H groups in total. The molecule has 0 saturated heterocycles. The van der Waals surface area contributed by atoms with Crippen LogP contribution in [0.1, 0.15) is 48.6 Å². The van der Waals surface area contributed by atoms with Gasteiger partial charge in [-0.1, -0.05) is 87.5 Å². The van der Waals surface area contributed by atoms with E-state index in [1.54, 1.807) is 0 Å². The van der Waals surface area contributed by atoms with Gasteiger partial charge in [-0.3, -0.25) is 4.99 Å². The molecule has 0 amide bonds. The van der Waals surface area contributed by atoms with Gasteiger partial charge in [0.25, 0.3) is 0 Å². The first-order valence-electron chi connectivity index (χ1n) is 12.3. The summed E-state index contributed by atoms with van der Waals surface area (Å²) in [6, 6.07) is 28.3. The fourth-order valence-corrected chi connectivity index (χ4v) is 5.48. The van der Waals surface area contributed by atoms with E-state index in [9.17, 15) is 0 Å². The highest BCUT2D eigenvalue weighted by atomic mass is 32.2. The smallest absolute Gasteiger partial charge is 0.0974 e. The predicted molar refractivity (Wildman–Crippen MR) is 153 cm³/mol. The number of nitrogens with zero attached hydrogens (tertiary/aromatic N) is 2. The van der Waals surface area contributed by atoms with Gasteiger partial charge in [0.05, 0.1) is 17.1 Å². The zero-order valence-corrected chi connectivity index (χ0v) is 22.0. The Morgan fingerprint density at radius 1 is 0.714 bits per heavy atom. The number of aliphatic imine (C=N–C) groups is 2. The number of benzene rings is 4. The molecule has 5 rings (SSSR count). The standard InChI is InChI=1S/C32H32N2S/c1-21-9-6-10-22(2)29(21)34-31-27-14-8-12-23-11-7-13-26(28(23)27)30(31)33-19-20-35-25-17-15-24(16-18-25)32(3,4)5/h6-18H,19-20H2,1-5H3. The number of para-hydroxylation sites is 1. The third-order valence-electron chi connectivity index (χ3n) is 6.65. The summed E-state index contributed by atoms with van der Waals surface area (Å²) in [4.78, 5) is 11.7. The summed E-state index contributed by atoms with van der Waals surface area (Å²) >= 11 is 1.86. The molecule has 3 heteroatoms. The second-order valence-electron chi connectivity index (χ2n) is 10.3. The van der Waals surface area contributed by atoms with Crippen LogP contribution >= 0.6 is 11.8 Å². The number of hydrogen-bond donors (Lipinski definition) is 0. The highest BCUT2D eigenvalue weighted by molar-refractivity contribution is 7.99. The summed E-state index contributed by atoms with van der Waals surface area (Å²) < 4.78 is 0. The molecule has 0 aliphatic heterocycles. The van der Waals surface area contributed by atoms with Crippen LogP contribution in [0.2, 0.25) is 0 Å². The van der Waals surface area contributed by atoms with Crippen molar-refractivity contribution in [1.82, 2.24) is 0 Å². The minimum absolute atomic E-state index is 0.179. The van der Waals surface area contributed by atoms with Crippen LogP contribution in [0.5, 0.6) is 0 Å². The van der Waals surface area contributed by atoms with Gasteiger partial charge in [0.15, 0.2) is 0 Å². The van der Waals surface area contributed by atoms with Crippen molar-refractivity contribution in [2.45, 2.75) is 44.9 Å². The highest BCUT2D eigenvalue weighted by Gasteiger charge is 2.27. The van der Waals surface area contributed by atoms with Gasteiger partial charge in [-0.2, -0.15) is 0 Å². The van der Waals surface area contributed by atoms with Crippen LogP contribution in [0.4, 0.5) is 5.69 Å². The lowest BCUT2D eigenvalue weighted by molar-refractivity contribution is 0.590. The summed E-state index contributed by atoms with van der Waals surface area (Å²) in [5.74, 6) is 0.932. The lowest BCUT2D eigenvalue weighted by atomic mass is 9.87. The minimum Gasteiger partial charge on any atom is -0.282 e. The lowest BCUT2D eigenvalue weighted by Gasteiger charge is -2.19. The van der Waals surface area contributed by atoms with E-state index in [1.165, 1.54) is 43.5 Å². The van der Waals surface area contributed by atoms with Crippen molar-refractivity contribution in [2.24, 2.45) is 9.98 Å². The summed E-state index contributed by atoms with van der Waals surface area (Å²) in [5.41, 5.74) is 9.37. The van der Waals surface area contributed by atoms with Crippen molar-refractivity contribution in [3.8, 4) is 0 Å². The molecular formula is C32H32N2S. The lowest BCUT2D eigenvalue weighted by Crippen LogP contribution is -2.12. The maximum Gasteiger partial charge on any atom is 0.0974 e. The van der Waals surface area contributed by atoms with E-state index < -0.39 is 0 Å². The van der Waals surface area contributed by atoms with Gasteiger partial charge in [-0.15, -0.1) is 11.8 Å². The van der Waals surface area contributed by atoms with Gasteiger partial charge in [0.1, 0.15) is 0 Å². The second kappa shape index (κ2) is 9.47. The van der Waals surface area contributed by atoms with Crippen molar-refractivity contribution in [2.75, 3.05) is 12.3 Å². The number of rotatable bonds is 5. The predicted octanol–water partition coefficient (Wildman–Crippen LogP) is 8.47. The molecule has 4 aromatic rings. The van der Waals surface area contributed by atoms with Crippen LogP contribution in [0.25, 0.3) is 10.8 Å². The number of hydrogen-bond acceptors (Lipinski definition) is 3. The van der Waals surface area contributed by atoms with E-state index in [-0.39, 0.29) is 5.41 Å². The van der Waals surface area contributed by atoms with Crippen molar-refractivity contribution in [3.05, 3.63) is 107 Å². The zero-order chi connectivity index (χ0) is 24.6.